The molecule has 0 aliphatic carbocycles. The summed E-state index contributed by atoms with van der Waals surface area (Å²) in [6, 6.07) is 15.1. The van der Waals surface area contributed by atoms with Gasteiger partial charge in [0.2, 0.25) is 0 Å². The van der Waals surface area contributed by atoms with Crippen LogP contribution in [0.5, 0.6) is 11.5 Å². The van der Waals surface area contributed by atoms with Crippen LogP contribution in [-0.2, 0) is 14.6 Å². The Bertz CT molecular complexity index is 984. The molecule has 2 aromatic rings. The van der Waals surface area contributed by atoms with Gasteiger partial charge in [-0.3, -0.25) is 14.9 Å². The number of ether oxygens (including phenoxy) is 1. The number of carbonyl (C=O) groups is 1. The maximum atomic E-state index is 13.1. The molecular weight excluding hydrogens is 404 g/mol. The minimum atomic E-state index is -3.88. The number of benzene rings is 2. The molecule has 0 aliphatic heterocycles. The van der Waals surface area contributed by atoms with Crippen LogP contribution in [0.4, 0.5) is 0 Å². The molecule has 160 valence electrons. The summed E-state index contributed by atoms with van der Waals surface area (Å²) in [7, 11) is -3.88. The summed E-state index contributed by atoms with van der Waals surface area (Å²) in [5.74, 6) is 2.18. The van der Waals surface area contributed by atoms with E-state index in [1.807, 2.05) is 25.1 Å². The van der Waals surface area contributed by atoms with Crippen molar-refractivity contribution in [1.82, 2.24) is 10.4 Å². The third-order valence-corrected chi connectivity index (χ3v) is 6.63. The zero-order valence-corrected chi connectivity index (χ0v) is 17.9. The normalized spacial score (nSPS) is 13.3. The van der Waals surface area contributed by atoms with E-state index in [-0.39, 0.29) is 11.4 Å². The molecule has 30 heavy (non-hydrogen) atoms. The van der Waals surface area contributed by atoms with Crippen molar-refractivity contribution in [3.8, 4) is 23.8 Å². The van der Waals surface area contributed by atoms with E-state index in [0.29, 0.717) is 24.5 Å². The molecule has 8 heteroatoms. The van der Waals surface area contributed by atoms with E-state index in [1.165, 1.54) is 19.1 Å². The number of carbonyl (C=O) groups excluding carboxylic acids is 1. The highest BCUT2D eigenvalue weighted by molar-refractivity contribution is 7.91. The Kier molecular flexibility index (Phi) is 8.00. The van der Waals surface area contributed by atoms with Crippen molar-refractivity contribution in [2.45, 2.75) is 30.7 Å². The third-order valence-electron chi connectivity index (χ3n) is 4.70. The van der Waals surface area contributed by atoms with Crippen molar-refractivity contribution in [3.63, 3.8) is 0 Å². The van der Waals surface area contributed by atoms with Crippen LogP contribution in [0.15, 0.2) is 59.5 Å². The molecule has 0 aliphatic rings. The first-order valence-corrected chi connectivity index (χ1v) is 11.1. The first-order chi connectivity index (χ1) is 14.3. The quantitative estimate of drug-likeness (QED) is 0.342. The van der Waals surface area contributed by atoms with Crippen LogP contribution in [0.2, 0.25) is 0 Å². The fourth-order valence-electron chi connectivity index (χ4n) is 3.09. The fraction of sp³-hybridized carbons (Fsp3) is 0.318. The number of amides is 1. The highest BCUT2D eigenvalue weighted by atomic mass is 32.2. The molecule has 0 saturated carbocycles. The zero-order chi connectivity index (χ0) is 22.2. The third kappa shape index (κ3) is 5.60. The molecule has 1 amide bonds. The van der Waals surface area contributed by atoms with Gasteiger partial charge in [0.15, 0.2) is 9.84 Å². The zero-order valence-electron chi connectivity index (χ0n) is 17.0. The number of hydrogen-bond donors (Lipinski definition) is 2. The van der Waals surface area contributed by atoms with Crippen molar-refractivity contribution in [3.05, 3.63) is 54.6 Å². The summed E-state index contributed by atoms with van der Waals surface area (Å²) >= 11 is 0. The Morgan fingerprint density at radius 2 is 1.77 bits per heavy atom. The van der Waals surface area contributed by atoms with Gasteiger partial charge in [-0.05, 0) is 56.3 Å². The van der Waals surface area contributed by atoms with E-state index in [1.54, 1.807) is 34.6 Å². The average molecular weight is 431 g/mol. The molecule has 0 fully saturated rings. The molecule has 2 aromatic carbocycles. The van der Waals surface area contributed by atoms with Gasteiger partial charge in [0.1, 0.15) is 17.0 Å². The predicted octanol–water partition coefficient (Wildman–Crippen LogP) is 2.86. The second kappa shape index (κ2) is 10.3. The van der Waals surface area contributed by atoms with E-state index in [0.717, 1.165) is 0 Å². The monoisotopic (exact) mass is 430 g/mol. The number of sulfone groups is 1. The van der Waals surface area contributed by atoms with E-state index < -0.39 is 27.0 Å². The Labute approximate surface area is 177 Å². The van der Waals surface area contributed by atoms with Gasteiger partial charge in [0.05, 0.1) is 17.2 Å². The lowest BCUT2D eigenvalue weighted by Crippen LogP contribution is -2.60. The average Bonchev–Trinajstić information content (AvgIpc) is 2.73. The van der Waals surface area contributed by atoms with Crippen LogP contribution < -0.4 is 10.2 Å². The lowest BCUT2D eigenvalue weighted by atomic mass is 10.0. The largest absolute Gasteiger partial charge is 0.457 e. The van der Waals surface area contributed by atoms with Gasteiger partial charge >= 0.3 is 0 Å². The lowest BCUT2D eigenvalue weighted by molar-refractivity contribution is -0.139. The summed E-state index contributed by atoms with van der Waals surface area (Å²) in [6.45, 7) is 3.81. The Balaban J connectivity index is 2.29. The van der Waals surface area contributed by atoms with Gasteiger partial charge in [-0.15, -0.1) is 6.42 Å². The van der Waals surface area contributed by atoms with Crippen molar-refractivity contribution in [2.75, 3.05) is 18.8 Å². The summed E-state index contributed by atoms with van der Waals surface area (Å²) in [6.07, 6.45) is 6.06. The Morgan fingerprint density at radius 3 is 2.30 bits per heavy atom. The van der Waals surface area contributed by atoms with Crippen molar-refractivity contribution >= 4 is 15.7 Å². The summed E-state index contributed by atoms with van der Waals surface area (Å²) < 4.78 is 31.8. The van der Waals surface area contributed by atoms with Crippen LogP contribution in [0.25, 0.3) is 0 Å². The van der Waals surface area contributed by atoms with Crippen LogP contribution in [-0.4, -0.2) is 48.8 Å². The summed E-state index contributed by atoms with van der Waals surface area (Å²) in [4.78, 5) is 14.0. The number of rotatable bonds is 10. The molecule has 2 rings (SSSR count). The first-order valence-electron chi connectivity index (χ1n) is 9.45. The second-order valence-corrected chi connectivity index (χ2v) is 8.98. The fourth-order valence-corrected chi connectivity index (χ4v) is 4.87. The number of nitrogens with zero attached hydrogens (tertiary/aromatic N) is 1. The van der Waals surface area contributed by atoms with E-state index in [9.17, 15) is 18.4 Å². The molecule has 0 heterocycles. The standard InChI is InChI=1S/C22H26N2O5S/c1-4-15-24(16-5-2)22(3,21(25)23-26)17-30(27,28)20-13-11-19(12-14-20)29-18-9-7-6-8-10-18/h1,6-14,26H,5,15-17H2,2-3H3,(H,23,25)/t22-/m1/s1. The molecule has 0 spiro atoms. The van der Waals surface area contributed by atoms with Crippen LogP contribution in [0, 0.1) is 12.3 Å². The number of hydroxylamine groups is 1. The second-order valence-electron chi connectivity index (χ2n) is 6.99. The van der Waals surface area contributed by atoms with Crippen LogP contribution in [0.1, 0.15) is 20.3 Å². The van der Waals surface area contributed by atoms with Crippen molar-refractivity contribution in [1.29, 1.82) is 0 Å². The van der Waals surface area contributed by atoms with E-state index in [2.05, 4.69) is 5.92 Å². The molecular formula is C22H26N2O5S. The SMILES string of the molecule is C#CCN(CCC)[C@](C)(CS(=O)(=O)c1ccc(Oc2ccccc2)cc1)C(=O)NO. The molecule has 0 bridgehead atoms. The topological polar surface area (TPSA) is 95.9 Å². The number of nitrogens with one attached hydrogen (secondary N) is 1. The Hall–Kier alpha value is -2.86. The number of para-hydroxylation sites is 1. The summed E-state index contributed by atoms with van der Waals surface area (Å²) in [5, 5.41) is 9.21. The van der Waals surface area contributed by atoms with Gasteiger partial charge in [0.25, 0.3) is 5.91 Å². The van der Waals surface area contributed by atoms with E-state index in [4.69, 9.17) is 11.2 Å². The maximum absolute atomic E-state index is 13.1. The highest BCUT2D eigenvalue weighted by Crippen LogP contribution is 2.26. The van der Waals surface area contributed by atoms with E-state index >= 15 is 0 Å². The molecule has 0 unspecified atom stereocenters. The Morgan fingerprint density at radius 1 is 1.17 bits per heavy atom. The van der Waals surface area contributed by atoms with Gasteiger partial charge in [-0.25, -0.2) is 13.9 Å². The van der Waals surface area contributed by atoms with Gasteiger partial charge in [-0.2, -0.15) is 0 Å². The summed E-state index contributed by atoms with van der Waals surface area (Å²) in [5.41, 5.74) is 0.0332. The minimum Gasteiger partial charge on any atom is -0.457 e. The molecule has 0 saturated heterocycles. The minimum absolute atomic E-state index is 0.0389. The first kappa shape index (κ1) is 23.4. The van der Waals surface area contributed by atoms with Gasteiger partial charge < -0.3 is 4.74 Å². The molecule has 0 aromatic heterocycles. The number of terminal acetylenes is 1. The smallest absolute Gasteiger partial charge is 0.264 e. The highest BCUT2D eigenvalue weighted by Gasteiger charge is 2.43. The predicted molar refractivity (Wildman–Crippen MR) is 114 cm³/mol. The molecule has 7 nitrogen and oxygen atoms in total. The molecule has 2 N–H and O–H groups in total. The van der Waals surface area contributed by atoms with Crippen molar-refractivity contribution < 1.29 is 23.2 Å². The van der Waals surface area contributed by atoms with Crippen molar-refractivity contribution in [2.24, 2.45) is 0 Å². The van der Waals surface area contributed by atoms with Crippen LogP contribution in [0.3, 0.4) is 0 Å². The van der Waals surface area contributed by atoms with Crippen LogP contribution >= 0.6 is 0 Å². The molecule has 1 atom stereocenters. The van der Waals surface area contributed by atoms with Gasteiger partial charge in [0, 0.05) is 0 Å². The maximum Gasteiger partial charge on any atom is 0.264 e. The lowest BCUT2D eigenvalue weighted by Gasteiger charge is -2.37. The van der Waals surface area contributed by atoms with Gasteiger partial charge in [-0.1, -0.05) is 31.0 Å². The molecule has 0 radical (unpaired) electrons. The number of hydrogen-bond acceptors (Lipinski definition) is 6.